The van der Waals surface area contributed by atoms with Crippen molar-refractivity contribution in [3.05, 3.63) is 29.8 Å². The van der Waals surface area contributed by atoms with E-state index in [1.165, 1.54) is 12.1 Å². The third kappa shape index (κ3) is 3.63. The lowest BCUT2D eigenvalue weighted by atomic mass is 9.94. The van der Waals surface area contributed by atoms with Gasteiger partial charge in [0.1, 0.15) is 5.75 Å². The van der Waals surface area contributed by atoms with Crippen LogP contribution >= 0.6 is 0 Å². The Morgan fingerprint density at radius 1 is 1.56 bits per heavy atom. The number of carbonyl (C=O) groups is 1. The van der Waals surface area contributed by atoms with Gasteiger partial charge in [-0.05, 0) is 24.1 Å². The van der Waals surface area contributed by atoms with Crippen molar-refractivity contribution in [2.24, 2.45) is 5.73 Å². The largest absolute Gasteiger partial charge is 0.527 e. The number of amides is 1. The number of carbonyl (C=O) groups excluding carboxylic acids is 1. The third-order valence-electron chi connectivity index (χ3n) is 2.07. The molecule has 2 radical (unpaired) electrons. The molecule has 1 rings (SSSR count). The molecule has 0 aliphatic rings. The number of phenols is 1. The predicted octanol–water partition coefficient (Wildman–Crippen LogP) is -0.522. The van der Waals surface area contributed by atoms with E-state index in [4.69, 9.17) is 16.1 Å². The molecule has 0 unspecified atom stereocenters. The molecule has 0 spiro atoms. The molecule has 0 saturated carbocycles. The molecule has 1 aromatic carbocycles. The predicted molar refractivity (Wildman–Crippen MR) is 59.3 cm³/mol. The number of nitrogens with two attached hydrogens (primary N) is 1. The molecule has 82 valence electrons. The van der Waals surface area contributed by atoms with Crippen molar-refractivity contribution in [2.75, 3.05) is 0 Å². The average molecular weight is 216 g/mol. The summed E-state index contributed by atoms with van der Waals surface area (Å²) in [5.74, 6) is 1.40. The van der Waals surface area contributed by atoms with Crippen molar-refractivity contribution in [2.45, 2.75) is 12.5 Å². The minimum Gasteiger partial charge on any atom is -0.527 e. The van der Waals surface area contributed by atoms with Gasteiger partial charge < -0.3 is 16.1 Å². The van der Waals surface area contributed by atoms with E-state index in [-0.39, 0.29) is 5.75 Å². The average Bonchev–Trinajstić information content (AvgIpc) is 2.26. The van der Waals surface area contributed by atoms with Crippen LogP contribution in [0.25, 0.3) is 0 Å². The minimum atomic E-state index is -0.621. The van der Waals surface area contributed by atoms with Gasteiger partial charge in [-0.3, -0.25) is 10.1 Å². The first-order valence-corrected chi connectivity index (χ1v) is 4.68. The van der Waals surface area contributed by atoms with Gasteiger partial charge in [0.15, 0.2) is 0 Å². The van der Waals surface area contributed by atoms with E-state index in [1.54, 1.807) is 18.1 Å². The van der Waals surface area contributed by atoms with E-state index in [1.807, 2.05) is 0 Å². The number of primary amides is 1. The number of phenolic OH excluding ortho intramolecular Hbond substituents is 1. The van der Waals surface area contributed by atoms with E-state index in [0.29, 0.717) is 6.42 Å². The zero-order chi connectivity index (χ0) is 12.0. The summed E-state index contributed by atoms with van der Waals surface area (Å²) in [7, 11) is 1.12. The number of aromatic hydroxyl groups is 1. The molecule has 1 amide bonds. The number of nitriles is 1. The molecule has 1 atom stereocenters. The van der Waals surface area contributed by atoms with Gasteiger partial charge in [0.2, 0.25) is 5.91 Å². The first kappa shape index (κ1) is 12.1. The Morgan fingerprint density at radius 2 is 2.19 bits per heavy atom. The monoisotopic (exact) mass is 216 g/mol. The summed E-state index contributed by atoms with van der Waals surface area (Å²) in [5, 5.41) is 20.0. The van der Waals surface area contributed by atoms with Gasteiger partial charge in [0, 0.05) is 0 Å². The van der Waals surface area contributed by atoms with Gasteiger partial charge in [0.25, 0.3) is 0 Å². The van der Waals surface area contributed by atoms with Gasteiger partial charge in [-0.25, -0.2) is 5.97 Å². The molecule has 0 bridgehead atoms. The first-order valence-electron chi connectivity index (χ1n) is 4.68. The van der Waals surface area contributed by atoms with E-state index in [9.17, 15) is 4.79 Å². The van der Waals surface area contributed by atoms with Crippen molar-refractivity contribution >= 4 is 13.3 Å². The third-order valence-corrected chi connectivity index (χ3v) is 2.07. The highest BCUT2D eigenvalue weighted by atomic mass is 16.3. The van der Waals surface area contributed by atoms with Crippen LogP contribution in [-0.2, 0) is 11.2 Å². The summed E-state index contributed by atoms with van der Waals surface area (Å²) in [4.78, 5) is 11.1. The highest BCUT2D eigenvalue weighted by molar-refractivity contribution is 6.42. The smallest absolute Gasteiger partial charge is 0.231 e. The van der Waals surface area contributed by atoms with Crippen molar-refractivity contribution in [3.63, 3.8) is 0 Å². The molecular formula is C10H11BN3O2-. The molecule has 6 heteroatoms. The van der Waals surface area contributed by atoms with Crippen LogP contribution in [-0.4, -0.2) is 24.5 Å². The number of hydrogen-bond acceptors (Lipinski definition) is 4. The topological polar surface area (TPSA) is 99.1 Å². The van der Waals surface area contributed by atoms with Crippen molar-refractivity contribution in [1.82, 2.24) is 5.23 Å². The van der Waals surface area contributed by atoms with E-state index in [2.05, 4.69) is 5.23 Å². The Morgan fingerprint density at radius 3 is 2.69 bits per heavy atom. The zero-order valence-corrected chi connectivity index (χ0v) is 8.55. The highest BCUT2D eigenvalue weighted by Crippen LogP contribution is 2.11. The molecule has 5 nitrogen and oxygen atoms in total. The zero-order valence-electron chi connectivity index (χ0n) is 8.55. The van der Waals surface area contributed by atoms with Crippen LogP contribution in [0.5, 0.6) is 5.75 Å². The van der Waals surface area contributed by atoms with Gasteiger partial charge in [0.05, 0.1) is 6.04 Å². The van der Waals surface area contributed by atoms with Crippen molar-refractivity contribution < 1.29 is 9.90 Å². The van der Waals surface area contributed by atoms with Gasteiger partial charge in [-0.15, -0.1) is 7.41 Å². The summed E-state index contributed by atoms with van der Waals surface area (Å²) in [6.07, 6.45) is 0.369. The van der Waals surface area contributed by atoms with Crippen LogP contribution in [0, 0.1) is 11.2 Å². The minimum absolute atomic E-state index is 0.163. The molecule has 0 aromatic heterocycles. The second-order valence-electron chi connectivity index (χ2n) is 3.27. The van der Waals surface area contributed by atoms with Gasteiger partial charge in [-0.1, -0.05) is 12.1 Å². The summed E-state index contributed by atoms with van der Waals surface area (Å²) in [6.45, 7) is 0. The SMILES string of the molecule is N#C[B-]N[C@@H](Cc1ccc(O)cc1)C(N)=O. The fourth-order valence-electron chi connectivity index (χ4n) is 1.25. The summed E-state index contributed by atoms with van der Waals surface area (Å²) in [5.41, 5.74) is 6.02. The number of nitrogens with one attached hydrogen (secondary N) is 1. The summed E-state index contributed by atoms with van der Waals surface area (Å²) >= 11 is 0. The van der Waals surface area contributed by atoms with Crippen LogP contribution in [0.2, 0.25) is 0 Å². The molecule has 0 aliphatic heterocycles. The highest BCUT2D eigenvalue weighted by Gasteiger charge is 2.10. The molecule has 0 fully saturated rings. The molecule has 1 aromatic rings. The summed E-state index contributed by atoms with van der Waals surface area (Å²) < 4.78 is 0. The molecule has 0 saturated heterocycles. The maximum Gasteiger partial charge on any atom is 0.231 e. The fraction of sp³-hybridized carbons (Fsp3) is 0.200. The van der Waals surface area contributed by atoms with Crippen LogP contribution < -0.4 is 11.0 Å². The van der Waals surface area contributed by atoms with E-state index >= 15 is 0 Å². The van der Waals surface area contributed by atoms with Crippen LogP contribution in [0.15, 0.2) is 24.3 Å². The lowest BCUT2D eigenvalue weighted by Crippen LogP contribution is -2.44. The standard InChI is InChI=1S/C10H11BN3O2/c12-6-11-14-9(10(13)16)5-7-1-3-8(15)4-2-7/h1-4,9,14-15H,5H2,(H2,13,16)/q-1/t9-/m0/s1. The molecule has 4 N–H and O–H groups in total. The second kappa shape index (κ2) is 5.78. The second-order valence-corrected chi connectivity index (χ2v) is 3.27. The number of benzene rings is 1. The first-order chi connectivity index (χ1) is 7.63. The number of rotatable bonds is 5. The van der Waals surface area contributed by atoms with Gasteiger partial charge in [-0.2, -0.15) is 0 Å². The Labute approximate surface area is 94.1 Å². The van der Waals surface area contributed by atoms with Gasteiger partial charge >= 0.3 is 0 Å². The summed E-state index contributed by atoms with van der Waals surface area (Å²) in [6, 6.07) is 5.82. The maximum atomic E-state index is 11.1. The lowest BCUT2D eigenvalue weighted by molar-refractivity contribution is -0.119. The van der Waals surface area contributed by atoms with Crippen molar-refractivity contribution in [1.29, 1.82) is 5.26 Å². The maximum absolute atomic E-state index is 11.1. The van der Waals surface area contributed by atoms with Crippen LogP contribution in [0.4, 0.5) is 0 Å². The Kier molecular flexibility index (Phi) is 4.36. The molecular weight excluding hydrogens is 205 g/mol. The lowest BCUT2D eigenvalue weighted by Gasteiger charge is -2.21. The Hall–Kier alpha value is -2.00. The number of hydrogen-bond donors (Lipinski definition) is 3. The molecule has 0 aliphatic carbocycles. The van der Waals surface area contributed by atoms with E-state index < -0.39 is 11.9 Å². The normalized spacial score (nSPS) is 11.7. The fourth-order valence-corrected chi connectivity index (χ4v) is 1.25. The Balaban J connectivity index is 2.64. The molecule has 0 heterocycles. The van der Waals surface area contributed by atoms with Crippen LogP contribution in [0.1, 0.15) is 5.56 Å². The Bertz CT molecular complexity index is 400. The quantitative estimate of drug-likeness (QED) is 0.576. The van der Waals surface area contributed by atoms with Crippen LogP contribution in [0.3, 0.4) is 0 Å². The number of nitrogens with zero attached hydrogens (tertiary/aromatic N) is 1. The van der Waals surface area contributed by atoms with E-state index in [0.717, 1.165) is 13.0 Å². The molecule has 16 heavy (non-hydrogen) atoms. The van der Waals surface area contributed by atoms with Crippen molar-refractivity contribution in [3.8, 4) is 11.7 Å².